The Hall–Kier alpha value is -1.84. The summed E-state index contributed by atoms with van der Waals surface area (Å²) in [7, 11) is 1.36. The molecule has 102 valence electrons. The summed E-state index contributed by atoms with van der Waals surface area (Å²) in [6, 6.07) is 8.11. The topological polar surface area (TPSA) is 46.6 Å². The fourth-order valence-corrected chi connectivity index (χ4v) is 2.46. The van der Waals surface area contributed by atoms with Crippen molar-refractivity contribution >= 4 is 11.9 Å². The van der Waals surface area contributed by atoms with Crippen LogP contribution in [0, 0.1) is 12.8 Å². The molecule has 0 spiro atoms. The molecule has 4 nitrogen and oxygen atoms in total. The maximum atomic E-state index is 12.0. The third-order valence-corrected chi connectivity index (χ3v) is 3.72. The lowest BCUT2D eigenvalue weighted by Crippen LogP contribution is -2.29. The molecule has 4 heteroatoms. The molecule has 0 N–H and O–H groups in total. The minimum atomic E-state index is -0.328. The van der Waals surface area contributed by atoms with Crippen molar-refractivity contribution in [3.05, 3.63) is 35.4 Å². The van der Waals surface area contributed by atoms with E-state index in [-0.39, 0.29) is 30.3 Å². The molecule has 2 unspecified atom stereocenters. The maximum Gasteiger partial charge on any atom is 0.310 e. The van der Waals surface area contributed by atoms with Crippen LogP contribution >= 0.6 is 0 Å². The molecule has 0 bridgehead atoms. The smallest absolute Gasteiger partial charge is 0.310 e. The van der Waals surface area contributed by atoms with Crippen LogP contribution in [0.25, 0.3) is 0 Å². The van der Waals surface area contributed by atoms with Crippen LogP contribution in [-0.4, -0.2) is 30.4 Å². The Labute approximate surface area is 113 Å². The normalized spacial score (nSPS) is 20.5. The van der Waals surface area contributed by atoms with Crippen molar-refractivity contribution in [1.29, 1.82) is 0 Å². The second kappa shape index (κ2) is 5.43. The van der Waals surface area contributed by atoms with Gasteiger partial charge in [-0.05, 0) is 19.4 Å². The summed E-state index contributed by atoms with van der Waals surface area (Å²) in [5.74, 6) is -0.610. The standard InChI is InChI=1S/C15H19NO3/c1-10-4-6-12(7-5-10)11(2)16-9-13(8-14(16)17)15(18)19-3/h4-7,11,13H,8-9H2,1-3H3. The van der Waals surface area contributed by atoms with Crippen LogP contribution in [0.1, 0.15) is 30.5 Å². The van der Waals surface area contributed by atoms with E-state index in [4.69, 9.17) is 4.74 Å². The van der Waals surface area contributed by atoms with Crippen molar-refractivity contribution < 1.29 is 14.3 Å². The number of carbonyl (C=O) groups excluding carboxylic acids is 2. The zero-order valence-electron chi connectivity index (χ0n) is 11.6. The van der Waals surface area contributed by atoms with Gasteiger partial charge in [-0.1, -0.05) is 29.8 Å². The molecular weight excluding hydrogens is 242 g/mol. The average molecular weight is 261 g/mol. The van der Waals surface area contributed by atoms with Gasteiger partial charge in [0, 0.05) is 13.0 Å². The van der Waals surface area contributed by atoms with Gasteiger partial charge < -0.3 is 9.64 Å². The summed E-state index contributed by atoms with van der Waals surface area (Å²) >= 11 is 0. The number of hydrogen-bond donors (Lipinski definition) is 0. The first-order valence-electron chi connectivity index (χ1n) is 6.46. The number of benzene rings is 1. The van der Waals surface area contributed by atoms with Crippen molar-refractivity contribution in [2.24, 2.45) is 5.92 Å². The van der Waals surface area contributed by atoms with Gasteiger partial charge in [0.05, 0.1) is 19.1 Å². The predicted molar refractivity (Wildman–Crippen MR) is 71.4 cm³/mol. The Morgan fingerprint density at radius 1 is 1.37 bits per heavy atom. The van der Waals surface area contributed by atoms with Crippen LogP contribution in [0.5, 0.6) is 0 Å². The number of hydrogen-bond acceptors (Lipinski definition) is 3. The molecule has 0 saturated carbocycles. The number of carbonyl (C=O) groups is 2. The first-order valence-corrected chi connectivity index (χ1v) is 6.46. The van der Waals surface area contributed by atoms with E-state index >= 15 is 0 Å². The Morgan fingerprint density at radius 2 is 2.00 bits per heavy atom. The largest absolute Gasteiger partial charge is 0.469 e. The number of likely N-dealkylation sites (tertiary alicyclic amines) is 1. The third-order valence-electron chi connectivity index (χ3n) is 3.72. The highest BCUT2D eigenvalue weighted by Gasteiger charge is 2.37. The van der Waals surface area contributed by atoms with Crippen LogP contribution in [0.4, 0.5) is 0 Å². The van der Waals surface area contributed by atoms with Gasteiger partial charge in [0.1, 0.15) is 0 Å². The molecule has 1 heterocycles. The average Bonchev–Trinajstić information content (AvgIpc) is 2.80. The van der Waals surface area contributed by atoms with Crippen molar-refractivity contribution in [3.63, 3.8) is 0 Å². The molecule has 0 aromatic heterocycles. The molecule has 2 atom stereocenters. The van der Waals surface area contributed by atoms with Crippen molar-refractivity contribution in [2.45, 2.75) is 26.3 Å². The first kappa shape index (κ1) is 13.6. The number of rotatable bonds is 3. The molecule has 2 rings (SSSR count). The van der Waals surface area contributed by atoms with E-state index in [1.807, 2.05) is 38.1 Å². The molecule has 1 aliphatic heterocycles. The fourth-order valence-electron chi connectivity index (χ4n) is 2.46. The second-order valence-electron chi connectivity index (χ2n) is 5.06. The quantitative estimate of drug-likeness (QED) is 0.783. The summed E-state index contributed by atoms with van der Waals surface area (Å²) in [4.78, 5) is 25.3. The van der Waals surface area contributed by atoms with E-state index < -0.39 is 0 Å². The first-order chi connectivity index (χ1) is 9.02. The van der Waals surface area contributed by atoms with E-state index in [0.29, 0.717) is 6.54 Å². The van der Waals surface area contributed by atoms with Gasteiger partial charge in [0.2, 0.25) is 5.91 Å². The molecular formula is C15H19NO3. The lowest BCUT2D eigenvalue weighted by Gasteiger charge is -2.25. The van der Waals surface area contributed by atoms with Gasteiger partial charge in [-0.25, -0.2) is 0 Å². The van der Waals surface area contributed by atoms with Crippen LogP contribution < -0.4 is 0 Å². The van der Waals surface area contributed by atoms with Crippen molar-refractivity contribution in [2.75, 3.05) is 13.7 Å². The van der Waals surface area contributed by atoms with Gasteiger partial charge in [0.15, 0.2) is 0 Å². The maximum absolute atomic E-state index is 12.0. The summed E-state index contributed by atoms with van der Waals surface area (Å²) in [6.07, 6.45) is 0.253. The summed E-state index contributed by atoms with van der Waals surface area (Å²) in [5, 5.41) is 0. The van der Waals surface area contributed by atoms with E-state index in [9.17, 15) is 9.59 Å². The lowest BCUT2D eigenvalue weighted by atomic mass is 10.1. The monoisotopic (exact) mass is 261 g/mol. The number of ether oxygens (including phenoxy) is 1. The van der Waals surface area contributed by atoms with E-state index in [1.54, 1.807) is 4.90 Å². The molecule has 0 radical (unpaired) electrons. The highest BCUT2D eigenvalue weighted by molar-refractivity contribution is 5.87. The minimum Gasteiger partial charge on any atom is -0.469 e. The number of aryl methyl sites for hydroxylation is 1. The molecule has 0 aliphatic carbocycles. The fraction of sp³-hybridized carbons (Fsp3) is 0.467. The Morgan fingerprint density at radius 3 is 2.58 bits per heavy atom. The zero-order valence-corrected chi connectivity index (χ0v) is 11.6. The third kappa shape index (κ3) is 2.78. The van der Waals surface area contributed by atoms with E-state index in [0.717, 1.165) is 5.56 Å². The second-order valence-corrected chi connectivity index (χ2v) is 5.06. The number of amides is 1. The molecule has 1 aromatic carbocycles. The number of esters is 1. The van der Waals surface area contributed by atoms with Crippen LogP contribution in [-0.2, 0) is 14.3 Å². The van der Waals surface area contributed by atoms with E-state index in [1.165, 1.54) is 12.7 Å². The molecule has 1 aliphatic rings. The Balaban J connectivity index is 2.11. The molecule has 1 aromatic rings. The summed E-state index contributed by atoms with van der Waals surface area (Å²) in [6.45, 7) is 4.46. The van der Waals surface area contributed by atoms with Gasteiger partial charge >= 0.3 is 5.97 Å². The predicted octanol–water partition coefficient (Wildman–Crippen LogP) is 2.08. The van der Waals surface area contributed by atoms with Gasteiger partial charge in [-0.15, -0.1) is 0 Å². The minimum absolute atomic E-state index is 0.0113. The SMILES string of the molecule is COC(=O)C1CC(=O)N(C(C)c2ccc(C)cc2)C1. The van der Waals surface area contributed by atoms with Gasteiger partial charge in [-0.3, -0.25) is 9.59 Å². The zero-order chi connectivity index (χ0) is 14.0. The van der Waals surface area contributed by atoms with E-state index in [2.05, 4.69) is 0 Å². The summed E-state index contributed by atoms with van der Waals surface area (Å²) in [5.41, 5.74) is 2.28. The Bertz CT molecular complexity index is 481. The highest BCUT2D eigenvalue weighted by Crippen LogP contribution is 2.29. The lowest BCUT2D eigenvalue weighted by molar-refractivity contribution is -0.145. The number of methoxy groups -OCH3 is 1. The Kier molecular flexibility index (Phi) is 3.88. The molecule has 1 fully saturated rings. The molecule has 1 saturated heterocycles. The number of nitrogens with zero attached hydrogens (tertiary/aromatic N) is 1. The van der Waals surface area contributed by atoms with Crippen molar-refractivity contribution in [1.82, 2.24) is 4.90 Å². The van der Waals surface area contributed by atoms with Crippen molar-refractivity contribution in [3.8, 4) is 0 Å². The van der Waals surface area contributed by atoms with Crippen LogP contribution in [0.15, 0.2) is 24.3 Å². The van der Waals surface area contributed by atoms with Crippen LogP contribution in [0.2, 0.25) is 0 Å². The van der Waals surface area contributed by atoms with Gasteiger partial charge in [-0.2, -0.15) is 0 Å². The molecule has 19 heavy (non-hydrogen) atoms. The van der Waals surface area contributed by atoms with Gasteiger partial charge in [0.25, 0.3) is 0 Å². The summed E-state index contributed by atoms with van der Waals surface area (Å²) < 4.78 is 4.71. The van der Waals surface area contributed by atoms with Crippen LogP contribution in [0.3, 0.4) is 0 Å². The highest BCUT2D eigenvalue weighted by atomic mass is 16.5. The molecule has 1 amide bonds.